The van der Waals surface area contributed by atoms with E-state index < -0.39 is 0 Å². The summed E-state index contributed by atoms with van der Waals surface area (Å²) in [5.74, 6) is 2.24. The number of imidazole rings is 1. The van der Waals surface area contributed by atoms with Crippen LogP contribution >= 0.6 is 0 Å². The second-order valence-electron chi connectivity index (χ2n) is 8.43. The van der Waals surface area contributed by atoms with Gasteiger partial charge in [0.1, 0.15) is 23.4 Å². The maximum atomic E-state index is 13.0. The van der Waals surface area contributed by atoms with E-state index in [2.05, 4.69) is 26.3 Å². The van der Waals surface area contributed by atoms with Crippen LogP contribution in [0.25, 0.3) is 11.4 Å². The molecule has 0 saturated carbocycles. The van der Waals surface area contributed by atoms with Gasteiger partial charge in [-0.3, -0.25) is 9.69 Å². The van der Waals surface area contributed by atoms with Gasteiger partial charge in [0, 0.05) is 55.3 Å². The number of para-hydroxylation sites is 2. The van der Waals surface area contributed by atoms with E-state index in [1.54, 1.807) is 19.5 Å². The number of carbonyl (C=O) groups is 1. The molecule has 1 amide bonds. The van der Waals surface area contributed by atoms with Crippen molar-refractivity contribution in [1.82, 2.24) is 20.2 Å². The van der Waals surface area contributed by atoms with E-state index in [4.69, 9.17) is 9.47 Å². The number of carbonyl (C=O) groups excluding carboxylic acids is 1. The number of hydrogen-bond acceptors (Lipinski definition) is 5. The van der Waals surface area contributed by atoms with Crippen LogP contribution in [0.1, 0.15) is 27.6 Å². The van der Waals surface area contributed by atoms with Crippen molar-refractivity contribution in [2.75, 3.05) is 26.7 Å². The van der Waals surface area contributed by atoms with Crippen LogP contribution in [0.4, 0.5) is 0 Å². The first-order chi connectivity index (χ1) is 17.2. The molecular weight excluding hydrogens is 440 g/mol. The zero-order chi connectivity index (χ0) is 24.0. The molecule has 0 aliphatic carbocycles. The Labute approximate surface area is 204 Å². The van der Waals surface area contributed by atoms with Crippen molar-refractivity contribution in [1.29, 1.82) is 0 Å². The number of nitrogens with one attached hydrogen (secondary N) is 2. The Hall–Kier alpha value is -4.10. The smallest absolute Gasteiger partial charge is 0.252 e. The van der Waals surface area contributed by atoms with Gasteiger partial charge in [-0.2, -0.15) is 0 Å². The van der Waals surface area contributed by atoms with E-state index in [9.17, 15) is 4.79 Å². The van der Waals surface area contributed by atoms with Gasteiger partial charge in [0.15, 0.2) is 0 Å². The zero-order valence-corrected chi connectivity index (χ0v) is 19.6. The monoisotopic (exact) mass is 468 g/mol. The van der Waals surface area contributed by atoms with E-state index in [0.717, 1.165) is 34.7 Å². The molecule has 178 valence electrons. The second kappa shape index (κ2) is 10.4. The zero-order valence-electron chi connectivity index (χ0n) is 19.6. The molecular formula is C28H28N4O3. The van der Waals surface area contributed by atoms with Crippen LogP contribution < -0.4 is 14.8 Å². The summed E-state index contributed by atoms with van der Waals surface area (Å²) < 4.78 is 12.1. The summed E-state index contributed by atoms with van der Waals surface area (Å²) in [7, 11) is 1.68. The summed E-state index contributed by atoms with van der Waals surface area (Å²) >= 11 is 0. The molecule has 35 heavy (non-hydrogen) atoms. The average Bonchev–Trinajstić information content (AvgIpc) is 3.37. The Balaban J connectivity index is 1.31. The van der Waals surface area contributed by atoms with Crippen LogP contribution in [0, 0.1) is 0 Å². The van der Waals surface area contributed by atoms with Gasteiger partial charge in [-0.05, 0) is 18.2 Å². The van der Waals surface area contributed by atoms with Crippen molar-refractivity contribution in [3.8, 4) is 22.9 Å². The van der Waals surface area contributed by atoms with Crippen LogP contribution in [0.3, 0.4) is 0 Å². The van der Waals surface area contributed by atoms with Crippen LogP contribution in [-0.4, -0.2) is 47.5 Å². The predicted molar refractivity (Wildman–Crippen MR) is 134 cm³/mol. The highest BCUT2D eigenvalue weighted by Gasteiger charge is 2.26. The fourth-order valence-electron chi connectivity index (χ4n) is 4.47. The number of hydrogen-bond donors (Lipinski definition) is 2. The van der Waals surface area contributed by atoms with Crippen molar-refractivity contribution >= 4 is 5.91 Å². The summed E-state index contributed by atoms with van der Waals surface area (Å²) in [4.78, 5) is 22.7. The summed E-state index contributed by atoms with van der Waals surface area (Å²) in [6, 6.07) is 23.6. The highest BCUT2D eigenvalue weighted by molar-refractivity contribution is 6.00. The van der Waals surface area contributed by atoms with Crippen molar-refractivity contribution in [3.63, 3.8) is 0 Å². The first-order valence-electron chi connectivity index (χ1n) is 11.7. The number of aromatic amines is 1. The average molecular weight is 469 g/mol. The summed E-state index contributed by atoms with van der Waals surface area (Å²) in [6.45, 7) is 2.60. The molecule has 2 heterocycles. The molecule has 3 aromatic carbocycles. The topological polar surface area (TPSA) is 79.5 Å². The molecule has 0 saturated heterocycles. The van der Waals surface area contributed by atoms with Crippen molar-refractivity contribution in [2.45, 2.75) is 12.6 Å². The third-order valence-electron chi connectivity index (χ3n) is 6.18. The molecule has 4 aromatic rings. The number of benzene rings is 3. The van der Waals surface area contributed by atoms with Crippen molar-refractivity contribution in [2.24, 2.45) is 0 Å². The SMILES string of the molecule is COc1ccccc1C1CN(CCNC(=O)c2ccccc2-c2ncc[nH]2)Cc2ccccc2O1. The highest BCUT2D eigenvalue weighted by Crippen LogP contribution is 2.34. The lowest BCUT2D eigenvalue weighted by molar-refractivity contribution is 0.0943. The molecule has 1 atom stereocenters. The molecule has 0 fully saturated rings. The molecule has 1 unspecified atom stereocenters. The number of amides is 1. The molecule has 1 aromatic heterocycles. The van der Waals surface area contributed by atoms with Gasteiger partial charge >= 0.3 is 0 Å². The minimum atomic E-state index is -0.190. The number of H-pyrrole nitrogens is 1. The minimum absolute atomic E-state index is 0.121. The number of nitrogens with zero attached hydrogens (tertiary/aromatic N) is 2. The molecule has 7 nitrogen and oxygen atoms in total. The van der Waals surface area contributed by atoms with Gasteiger partial charge in [0.2, 0.25) is 0 Å². The van der Waals surface area contributed by atoms with E-state index in [1.165, 1.54) is 0 Å². The van der Waals surface area contributed by atoms with Crippen LogP contribution in [0.2, 0.25) is 0 Å². The fourth-order valence-corrected chi connectivity index (χ4v) is 4.47. The number of rotatable bonds is 7. The summed E-state index contributed by atoms with van der Waals surface area (Å²) in [6.07, 6.45) is 3.24. The first kappa shape index (κ1) is 22.7. The molecule has 7 heteroatoms. The first-order valence-corrected chi connectivity index (χ1v) is 11.7. The predicted octanol–water partition coefficient (Wildman–Crippen LogP) is 4.45. The number of aromatic nitrogens is 2. The van der Waals surface area contributed by atoms with Crippen LogP contribution in [0.5, 0.6) is 11.5 Å². The maximum Gasteiger partial charge on any atom is 0.252 e. The van der Waals surface area contributed by atoms with Gasteiger partial charge in [-0.15, -0.1) is 0 Å². The standard InChI is InChI=1S/C28H28N4O3/c1-34-25-13-7-5-11-23(25)26-19-32(18-20-8-2-6-12-24(20)35-26)17-16-31-28(33)22-10-4-3-9-21(22)27-29-14-15-30-27/h2-15,26H,16-19H2,1H3,(H,29,30)(H,31,33). The second-order valence-corrected chi connectivity index (χ2v) is 8.43. The lowest BCUT2D eigenvalue weighted by Crippen LogP contribution is -2.36. The third-order valence-corrected chi connectivity index (χ3v) is 6.18. The Bertz CT molecular complexity index is 1290. The number of methoxy groups -OCH3 is 1. The van der Waals surface area contributed by atoms with Gasteiger partial charge in [-0.25, -0.2) is 4.98 Å². The number of ether oxygens (including phenoxy) is 2. The van der Waals surface area contributed by atoms with Gasteiger partial charge in [0.25, 0.3) is 5.91 Å². The normalized spacial score (nSPS) is 15.5. The Morgan fingerprint density at radius 3 is 2.77 bits per heavy atom. The molecule has 0 radical (unpaired) electrons. The lowest BCUT2D eigenvalue weighted by Gasteiger charge is -2.25. The van der Waals surface area contributed by atoms with Crippen molar-refractivity contribution in [3.05, 3.63) is 102 Å². The summed E-state index contributed by atoms with van der Waals surface area (Å²) in [5.41, 5.74) is 3.51. The van der Waals surface area contributed by atoms with Crippen LogP contribution in [0.15, 0.2) is 85.2 Å². The van der Waals surface area contributed by atoms with Gasteiger partial charge < -0.3 is 19.8 Å². The fraction of sp³-hybridized carbons (Fsp3) is 0.214. The molecule has 2 N–H and O–H groups in total. The molecule has 0 bridgehead atoms. The van der Waals surface area contributed by atoms with E-state index in [0.29, 0.717) is 31.0 Å². The number of fused-ring (bicyclic) bond motifs is 1. The third kappa shape index (κ3) is 5.05. The Morgan fingerprint density at radius 1 is 1.11 bits per heavy atom. The highest BCUT2D eigenvalue weighted by atomic mass is 16.5. The minimum Gasteiger partial charge on any atom is -0.496 e. The Kier molecular flexibility index (Phi) is 6.77. The quantitative estimate of drug-likeness (QED) is 0.419. The molecule has 5 rings (SSSR count). The largest absolute Gasteiger partial charge is 0.496 e. The van der Waals surface area contributed by atoms with Crippen LogP contribution in [-0.2, 0) is 6.54 Å². The summed E-state index contributed by atoms with van der Waals surface area (Å²) in [5, 5.41) is 3.08. The van der Waals surface area contributed by atoms with Gasteiger partial charge in [-0.1, -0.05) is 54.6 Å². The Morgan fingerprint density at radius 2 is 1.91 bits per heavy atom. The van der Waals surface area contributed by atoms with Gasteiger partial charge in [0.05, 0.1) is 12.7 Å². The molecule has 0 spiro atoms. The lowest BCUT2D eigenvalue weighted by atomic mass is 10.1. The van der Waals surface area contributed by atoms with E-state index in [-0.39, 0.29) is 12.0 Å². The van der Waals surface area contributed by atoms with Crippen molar-refractivity contribution < 1.29 is 14.3 Å². The molecule has 1 aliphatic rings. The van der Waals surface area contributed by atoms with E-state index in [1.807, 2.05) is 66.7 Å². The van der Waals surface area contributed by atoms with E-state index >= 15 is 0 Å². The maximum absolute atomic E-state index is 13.0. The molecule has 1 aliphatic heterocycles.